The summed E-state index contributed by atoms with van der Waals surface area (Å²) in [6, 6.07) is 8.71. The number of tetrazole rings is 1. The van der Waals surface area contributed by atoms with Crippen molar-refractivity contribution in [2.24, 2.45) is 0 Å². The number of aromatic nitrogens is 4. The van der Waals surface area contributed by atoms with Crippen molar-refractivity contribution < 1.29 is 18.7 Å². The average molecular weight is 343 g/mol. The minimum Gasteiger partial charge on any atom is -0.497 e. The quantitative estimate of drug-likeness (QED) is 0.763. The van der Waals surface area contributed by atoms with Crippen molar-refractivity contribution >= 4 is 11.6 Å². The standard InChI is InChI=1S/C16H14FN5O3/c1-24-11-4-6-15(25-2)13(8-11)19-16(23)12-7-10(17)3-5-14(12)22-9-18-20-21-22/h3-9H,1-2H3,(H,19,23). The Morgan fingerprint density at radius 3 is 2.68 bits per heavy atom. The van der Waals surface area contributed by atoms with Crippen molar-refractivity contribution in [3.8, 4) is 17.2 Å². The van der Waals surface area contributed by atoms with Crippen LogP contribution in [0, 0.1) is 5.82 Å². The van der Waals surface area contributed by atoms with Gasteiger partial charge >= 0.3 is 0 Å². The molecule has 1 aromatic heterocycles. The summed E-state index contributed by atoms with van der Waals surface area (Å²) in [6.07, 6.45) is 1.32. The number of ether oxygens (including phenoxy) is 2. The molecule has 25 heavy (non-hydrogen) atoms. The van der Waals surface area contributed by atoms with E-state index < -0.39 is 11.7 Å². The van der Waals surface area contributed by atoms with Gasteiger partial charge in [0.25, 0.3) is 5.91 Å². The fourth-order valence-corrected chi connectivity index (χ4v) is 2.26. The Morgan fingerprint density at radius 1 is 1.16 bits per heavy atom. The Hall–Kier alpha value is -3.49. The molecule has 3 rings (SSSR count). The van der Waals surface area contributed by atoms with E-state index in [1.807, 2.05) is 0 Å². The lowest BCUT2D eigenvalue weighted by Gasteiger charge is -2.13. The first-order chi connectivity index (χ1) is 12.1. The number of benzene rings is 2. The Morgan fingerprint density at radius 2 is 2.00 bits per heavy atom. The third-order valence-corrected chi connectivity index (χ3v) is 3.45. The molecular formula is C16H14FN5O3. The summed E-state index contributed by atoms with van der Waals surface area (Å²) in [5.74, 6) is -0.123. The number of hydrogen-bond acceptors (Lipinski definition) is 6. The fraction of sp³-hybridized carbons (Fsp3) is 0.125. The highest BCUT2D eigenvalue weighted by atomic mass is 19.1. The van der Waals surface area contributed by atoms with Gasteiger partial charge in [0.05, 0.1) is 31.2 Å². The smallest absolute Gasteiger partial charge is 0.258 e. The zero-order valence-electron chi connectivity index (χ0n) is 13.4. The van der Waals surface area contributed by atoms with Crippen molar-refractivity contribution in [3.05, 3.63) is 54.1 Å². The molecule has 8 nitrogen and oxygen atoms in total. The maximum Gasteiger partial charge on any atom is 0.258 e. The highest BCUT2D eigenvalue weighted by molar-refractivity contribution is 6.07. The zero-order valence-corrected chi connectivity index (χ0v) is 13.4. The van der Waals surface area contributed by atoms with Crippen LogP contribution in [0.3, 0.4) is 0 Å². The van der Waals surface area contributed by atoms with Gasteiger partial charge < -0.3 is 14.8 Å². The molecule has 128 valence electrons. The number of anilines is 1. The van der Waals surface area contributed by atoms with Crippen LogP contribution in [-0.2, 0) is 0 Å². The fourth-order valence-electron chi connectivity index (χ4n) is 2.26. The van der Waals surface area contributed by atoms with E-state index in [0.29, 0.717) is 22.9 Å². The molecule has 1 heterocycles. The maximum absolute atomic E-state index is 13.7. The van der Waals surface area contributed by atoms with Crippen molar-refractivity contribution in [1.82, 2.24) is 20.2 Å². The van der Waals surface area contributed by atoms with Gasteiger partial charge in [-0.15, -0.1) is 5.10 Å². The summed E-state index contributed by atoms with van der Waals surface area (Å²) in [7, 11) is 2.99. The third kappa shape index (κ3) is 3.39. The van der Waals surface area contributed by atoms with Crippen LogP contribution in [0.1, 0.15) is 10.4 Å². The van der Waals surface area contributed by atoms with E-state index in [1.54, 1.807) is 18.2 Å². The normalized spacial score (nSPS) is 10.4. The molecule has 0 unspecified atom stereocenters. The summed E-state index contributed by atoms with van der Waals surface area (Å²) in [5, 5.41) is 13.5. The summed E-state index contributed by atoms with van der Waals surface area (Å²) in [5.41, 5.74) is 0.793. The van der Waals surface area contributed by atoms with Crippen LogP contribution >= 0.6 is 0 Å². The van der Waals surface area contributed by atoms with E-state index in [-0.39, 0.29) is 5.56 Å². The predicted molar refractivity (Wildman–Crippen MR) is 86.6 cm³/mol. The lowest BCUT2D eigenvalue weighted by atomic mass is 10.1. The van der Waals surface area contributed by atoms with E-state index in [2.05, 4.69) is 20.8 Å². The Kier molecular flexibility index (Phi) is 4.55. The number of hydrogen-bond donors (Lipinski definition) is 1. The summed E-state index contributed by atoms with van der Waals surface area (Å²) < 4.78 is 25.3. The zero-order chi connectivity index (χ0) is 17.8. The van der Waals surface area contributed by atoms with Gasteiger partial charge in [-0.05, 0) is 40.8 Å². The van der Waals surface area contributed by atoms with E-state index >= 15 is 0 Å². The van der Waals surface area contributed by atoms with Gasteiger partial charge in [0.2, 0.25) is 0 Å². The average Bonchev–Trinajstić information content (AvgIpc) is 3.16. The molecule has 2 aromatic carbocycles. The van der Waals surface area contributed by atoms with E-state index in [0.717, 1.165) is 6.07 Å². The Balaban J connectivity index is 1.98. The second-order valence-electron chi connectivity index (χ2n) is 4.94. The highest BCUT2D eigenvalue weighted by Gasteiger charge is 2.17. The first-order valence-electron chi connectivity index (χ1n) is 7.18. The molecule has 1 N–H and O–H groups in total. The van der Waals surface area contributed by atoms with Gasteiger partial charge in [-0.25, -0.2) is 4.39 Å². The van der Waals surface area contributed by atoms with Gasteiger partial charge in [-0.1, -0.05) is 0 Å². The molecule has 0 fully saturated rings. The van der Waals surface area contributed by atoms with Crippen LogP contribution in [0.2, 0.25) is 0 Å². The molecular weight excluding hydrogens is 329 g/mol. The summed E-state index contributed by atoms with van der Waals surface area (Å²) >= 11 is 0. The van der Waals surface area contributed by atoms with Crippen LogP contribution in [0.5, 0.6) is 11.5 Å². The topological polar surface area (TPSA) is 91.2 Å². The first kappa shape index (κ1) is 16.4. The van der Waals surface area contributed by atoms with E-state index in [4.69, 9.17) is 9.47 Å². The monoisotopic (exact) mass is 343 g/mol. The number of amides is 1. The van der Waals surface area contributed by atoms with Gasteiger partial charge in [0.1, 0.15) is 23.6 Å². The number of rotatable bonds is 5. The van der Waals surface area contributed by atoms with Crippen molar-refractivity contribution in [3.63, 3.8) is 0 Å². The Labute approximate surface area is 142 Å². The molecule has 0 aliphatic heterocycles. The molecule has 0 radical (unpaired) electrons. The lowest BCUT2D eigenvalue weighted by Crippen LogP contribution is -2.16. The number of halogens is 1. The largest absolute Gasteiger partial charge is 0.497 e. The van der Waals surface area contributed by atoms with Gasteiger partial charge in [0, 0.05) is 6.07 Å². The van der Waals surface area contributed by atoms with E-state index in [9.17, 15) is 9.18 Å². The first-order valence-corrected chi connectivity index (χ1v) is 7.18. The SMILES string of the molecule is COc1ccc(OC)c(NC(=O)c2cc(F)ccc2-n2cnnn2)c1. The van der Waals surface area contributed by atoms with E-state index in [1.165, 1.54) is 37.4 Å². The molecule has 0 atom stereocenters. The lowest BCUT2D eigenvalue weighted by molar-refractivity contribution is 0.102. The molecule has 3 aromatic rings. The molecule has 9 heteroatoms. The number of methoxy groups -OCH3 is 2. The van der Waals surface area contributed by atoms with Gasteiger partial charge in [-0.2, -0.15) is 4.68 Å². The molecule has 0 aliphatic rings. The molecule has 0 aliphatic carbocycles. The van der Waals surface area contributed by atoms with Crippen molar-refractivity contribution in [2.75, 3.05) is 19.5 Å². The van der Waals surface area contributed by atoms with Crippen LogP contribution in [0.4, 0.5) is 10.1 Å². The number of carbonyl (C=O) groups is 1. The summed E-state index contributed by atoms with van der Waals surface area (Å²) in [4.78, 5) is 12.7. The van der Waals surface area contributed by atoms with Crippen LogP contribution in [-0.4, -0.2) is 40.3 Å². The number of carbonyl (C=O) groups excluding carboxylic acids is 1. The molecule has 0 spiro atoms. The molecule has 1 amide bonds. The second kappa shape index (κ2) is 6.95. The molecule has 0 bridgehead atoms. The minimum absolute atomic E-state index is 0.0668. The van der Waals surface area contributed by atoms with Crippen molar-refractivity contribution in [1.29, 1.82) is 0 Å². The van der Waals surface area contributed by atoms with Crippen LogP contribution in [0.25, 0.3) is 5.69 Å². The van der Waals surface area contributed by atoms with Gasteiger partial charge in [-0.3, -0.25) is 4.79 Å². The summed E-state index contributed by atoms with van der Waals surface area (Å²) in [6.45, 7) is 0. The molecule has 0 saturated heterocycles. The number of nitrogens with one attached hydrogen (secondary N) is 1. The van der Waals surface area contributed by atoms with Gasteiger partial charge in [0.15, 0.2) is 0 Å². The Bertz CT molecular complexity index is 899. The number of nitrogens with zero attached hydrogens (tertiary/aromatic N) is 4. The maximum atomic E-state index is 13.7. The minimum atomic E-state index is -0.556. The highest BCUT2D eigenvalue weighted by Crippen LogP contribution is 2.29. The van der Waals surface area contributed by atoms with Crippen LogP contribution in [0.15, 0.2) is 42.7 Å². The second-order valence-corrected chi connectivity index (χ2v) is 4.94. The molecule has 0 saturated carbocycles. The van der Waals surface area contributed by atoms with Crippen LogP contribution < -0.4 is 14.8 Å². The predicted octanol–water partition coefficient (Wildman–Crippen LogP) is 2.07. The van der Waals surface area contributed by atoms with Crippen molar-refractivity contribution in [2.45, 2.75) is 0 Å². The third-order valence-electron chi connectivity index (χ3n) is 3.45.